The molecule has 0 radical (unpaired) electrons. The number of hydrogen-bond acceptors (Lipinski definition) is 2. The van der Waals surface area contributed by atoms with Crippen LogP contribution >= 0.6 is 0 Å². The Morgan fingerprint density at radius 2 is 1.80 bits per heavy atom. The van der Waals surface area contributed by atoms with E-state index in [0.29, 0.717) is 18.0 Å². The number of benzene rings is 3. The van der Waals surface area contributed by atoms with Gasteiger partial charge in [-0.15, -0.1) is 0 Å². The second-order valence-electron chi connectivity index (χ2n) is 5.85. The molecule has 0 aliphatic carbocycles. The number of carbonyl (C=O) groups excluding carboxylic acids is 1. The second kappa shape index (κ2) is 8.20. The largest absolute Gasteiger partial charge is 0.497 e. The summed E-state index contributed by atoms with van der Waals surface area (Å²) in [6.45, 7) is 0.624. The zero-order chi connectivity index (χ0) is 17.5. The Balaban J connectivity index is 1.48. The summed E-state index contributed by atoms with van der Waals surface area (Å²) < 4.78 is 5.15. The van der Waals surface area contributed by atoms with E-state index in [-0.39, 0.29) is 6.03 Å². The molecule has 0 unspecified atom stereocenters. The predicted molar refractivity (Wildman–Crippen MR) is 102 cm³/mol. The third-order valence-electron chi connectivity index (χ3n) is 4.12. The van der Waals surface area contributed by atoms with Gasteiger partial charge in [0, 0.05) is 18.3 Å². The van der Waals surface area contributed by atoms with Gasteiger partial charge in [-0.2, -0.15) is 0 Å². The first-order valence-electron chi connectivity index (χ1n) is 8.42. The van der Waals surface area contributed by atoms with Crippen molar-refractivity contribution in [2.75, 3.05) is 19.0 Å². The van der Waals surface area contributed by atoms with E-state index in [2.05, 4.69) is 53.1 Å². The average molecular weight is 334 g/mol. The van der Waals surface area contributed by atoms with Crippen molar-refractivity contribution in [1.29, 1.82) is 0 Å². The lowest BCUT2D eigenvalue weighted by Gasteiger charge is -2.09. The van der Waals surface area contributed by atoms with Crippen LogP contribution in [0.25, 0.3) is 10.8 Å². The van der Waals surface area contributed by atoms with Crippen LogP contribution in [0.15, 0.2) is 66.7 Å². The monoisotopic (exact) mass is 334 g/mol. The van der Waals surface area contributed by atoms with E-state index < -0.39 is 0 Å². The average Bonchev–Trinajstić information content (AvgIpc) is 2.65. The van der Waals surface area contributed by atoms with Crippen LogP contribution < -0.4 is 15.4 Å². The molecule has 0 aliphatic rings. The first kappa shape index (κ1) is 16.8. The summed E-state index contributed by atoms with van der Waals surface area (Å²) in [5, 5.41) is 8.25. The summed E-state index contributed by atoms with van der Waals surface area (Å²) in [5.74, 6) is 0.716. The van der Waals surface area contributed by atoms with Gasteiger partial charge in [0.1, 0.15) is 5.75 Å². The molecule has 3 rings (SSSR count). The number of nitrogens with one attached hydrogen (secondary N) is 2. The number of urea groups is 1. The third kappa shape index (κ3) is 4.51. The zero-order valence-electron chi connectivity index (χ0n) is 14.3. The molecule has 4 nitrogen and oxygen atoms in total. The summed E-state index contributed by atoms with van der Waals surface area (Å²) in [7, 11) is 1.60. The molecule has 0 saturated carbocycles. The minimum absolute atomic E-state index is 0.203. The number of rotatable bonds is 6. The number of amides is 2. The smallest absolute Gasteiger partial charge is 0.319 e. The number of fused-ring (bicyclic) bond motifs is 1. The van der Waals surface area contributed by atoms with E-state index in [0.717, 1.165) is 12.8 Å². The number of carbonyl (C=O) groups is 1. The van der Waals surface area contributed by atoms with Crippen molar-refractivity contribution < 1.29 is 9.53 Å². The molecule has 128 valence electrons. The highest BCUT2D eigenvalue weighted by atomic mass is 16.5. The van der Waals surface area contributed by atoms with Crippen molar-refractivity contribution in [3.8, 4) is 5.75 Å². The molecule has 0 fully saturated rings. The number of aryl methyl sites for hydroxylation is 1. The van der Waals surface area contributed by atoms with Gasteiger partial charge in [-0.3, -0.25) is 0 Å². The van der Waals surface area contributed by atoms with Crippen LogP contribution in [0.5, 0.6) is 5.75 Å². The summed E-state index contributed by atoms with van der Waals surface area (Å²) in [6, 6.07) is 21.8. The molecule has 3 aromatic rings. The number of ether oxygens (including phenoxy) is 1. The number of anilines is 1. The molecular weight excluding hydrogens is 312 g/mol. The molecule has 25 heavy (non-hydrogen) atoms. The van der Waals surface area contributed by atoms with Crippen molar-refractivity contribution in [2.45, 2.75) is 12.8 Å². The highest BCUT2D eigenvalue weighted by molar-refractivity contribution is 5.89. The van der Waals surface area contributed by atoms with Gasteiger partial charge >= 0.3 is 6.03 Å². The minimum atomic E-state index is -0.203. The molecule has 0 saturated heterocycles. The molecule has 0 heterocycles. The van der Waals surface area contributed by atoms with Gasteiger partial charge in [0.2, 0.25) is 0 Å². The SMILES string of the molecule is COc1cccc(NC(=O)NCCCc2cccc3ccccc23)c1. The quantitative estimate of drug-likeness (QED) is 0.647. The first-order chi connectivity index (χ1) is 12.3. The molecule has 0 aliphatic heterocycles. The Bertz CT molecular complexity index is 856. The summed E-state index contributed by atoms with van der Waals surface area (Å²) in [5.41, 5.74) is 2.03. The Morgan fingerprint density at radius 3 is 2.68 bits per heavy atom. The predicted octanol–water partition coefficient (Wildman–Crippen LogP) is 4.60. The van der Waals surface area contributed by atoms with Gasteiger partial charge in [0.15, 0.2) is 0 Å². The fourth-order valence-corrected chi connectivity index (χ4v) is 2.87. The lowest BCUT2D eigenvalue weighted by molar-refractivity contribution is 0.252. The van der Waals surface area contributed by atoms with Crippen LogP contribution in [-0.4, -0.2) is 19.7 Å². The van der Waals surface area contributed by atoms with Crippen molar-refractivity contribution >= 4 is 22.5 Å². The molecule has 0 aromatic heterocycles. The molecular formula is C21H22N2O2. The van der Waals surface area contributed by atoms with Crippen LogP contribution in [0.3, 0.4) is 0 Å². The summed E-state index contributed by atoms with van der Waals surface area (Å²) in [4.78, 5) is 12.0. The van der Waals surface area contributed by atoms with Crippen molar-refractivity contribution in [2.24, 2.45) is 0 Å². The second-order valence-corrected chi connectivity index (χ2v) is 5.85. The van der Waals surface area contributed by atoms with Crippen molar-refractivity contribution in [3.63, 3.8) is 0 Å². The van der Waals surface area contributed by atoms with E-state index in [4.69, 9.17) is 4.74 Å². The minimum Gasteiger partial charge on any atom is -0.497 e. The Labute approximate surface area is 147 Å². The molecule has 0 spiro atoms. The van der Waals surface area contributed by atoms with Gasteiger partial charge in [0.05, 0.1) is 7.11 Å². The Morgan fingerprint density at radius 1 is 1.00 bits per heavy atom. The third-order valence-corrected chi connectivity index (χ3v) is 4.12. The fraction of sp³-hybridized carbons (Fsp3) is 0.190. The maximum atomic E-state index is 12.0. The topological polar surface area (TPSA) is 50.4 Å². The highest BCUT2D eigenvalue weighted by Crippen LogP contribution is 2.19. The summed E-state index contributed by atoms with van der Waals surface area (Å²) >= 11 is 0. The highest BCUT2D eigenvalue weighted by Gasteiger charge is 2.03. The standard InChI is InChI=1S/C21H22N2O2/c1-25-19-12-5-11-18(15-19)23-21(24)22-14-6-10-17-9-4-8-16-7-2-3-13-20(16)17/h2-5,7-9,11-13,15H,6,10,14H2,1H3,(H2,22,23,24). The molecule has 0 atom stereocenters. The lowest BCUT2D eigenvalue weighted by Crippen LogP contribution is -2.29. The number of hydrogen-bond donors (Lipinski definition) is 2. The maximum Gasteiger partial charge on any atom is 0.319 e. The zero-order valence-corrected chi connectivity index (χ0v) is 14.3. The van der Waals surface area contributed by atoms with Crippen LogP contribution in [0.4, 0.5) is 10.5 Å². The van der Waals surface area contributed by atoms with Crippen molar-refractivity contribution in [3.05, 3.63) is 72.3 Å². The molecule has 2 amide bonds. The summed E-state index contributed by atoms with van der Waals surface area (Å²) in [6.07, 6.45) is 1.82. The maximum absolute atomic E-state index is 12.0. The van der Waals surface area contributed by atoms with Gasteiger partial charge in [0.25, 0.3) is 0 Å². The van der Waals surface area contributed by atoms with Crippen LogP contribution in [0, 0.1) is 0 Å². The first-order valence-corrected chi connectivity index (χ1v) is 8.42. The van der Waals surface area contributed by atoms with E-state index in [9.17, 15) is 4.79 Å². The molecule has 0 bridgehead atoms. The van der Waals surface area contributed by atoms with E-state index in [1.165, 1.54) is 16.3 Å². The van der Waals surface area contributed by atoms with Gasteiger partial charge in [-0.25, -0.2) is 4.79 Å². The Hall–Kier alpha value is -3.01. The molecule has 3 aromatic carbocycles. The number of methoxy groups -OCH3 is 1. The van der Waals surface area contributed by atoms with Gasteiger partial charge < -0.3 is 15.4 Å². The van der Waals surface area contributed by atoms with Crippen molar-refractivity contribution in [1.82, 2.24) is 5.32 Å². The van der Waals surface area contributed by atoms with Crippen LogP contribution in [0.2, 0.25) is 0 Å². The van der Waals surface area contributed by atoms with Crippen LogP contribution in [0.1, 0.15) is 12.0 Å². The fourth-order valence-electron chi connectivity index (χ4n) is 2.87. The van der Waals surface area contributed by atoms with Gasteiger partial charge in [-0.05, 0) is 41.3 Å². The normalized spacial score (nSPS) is 10.4. The van der Waals surface area contributed by atoms with Crippen LogP contribution in [-0.2, 0) is 6.42 Å². The Kier molecular flexibility index (Phi) is 5.52. The van der Waals surface area contributed by atoms with Gasteiger partial charge in [-0.1, -0.05) is 48.5 Å². The molecule has 2 N–H and O–H groups in total. The van der Waals surface area contributed by atoms with E-state index >= 15 is 0 Å². The lowest BCUT2D eigenvalue weighted by atomic mass is 10.0. The van der Waals surface area contributed by atoms with E-state index in [1.807, 2.05) is 18.2 Å². The van der Waals surface area contributed by atoms with E-state index in [1.54, 1.807) is 13.2 Å². The molecule has 4 heteroatoms.